The highest BCUT2D eigenvalue weighted by Crippen LogP contribution is 2.12. The highest BCUT2D eigenvalue weighted by Gasteiger charge is 2.01. The monoisotopic (exact) mass is 341 g/mol. The Kier molecular flexibility index (Phi) is 4.42. The van der Waals surface area contributed by atoms with Gasteiger partial charge in [-0.15, -0.1) is 0 Å². The standard InChI is InChI=1S/C13H16IN3/c1-2-9-17-13(7-8-16-17)10-15-12-5-3-11(14)4-6-12/h3-8,15H,2,9-10H2,1H3. The van der Waals surface area contributed by atoms with Gasteiger partial charge in [0.1, 0.15) is 0 Å². The first-order valence-electron chi connectivity index (χ1n) is 5.79. The lowest BCUT2D eigenvalue weighted by Gasteiger charge is -2.08. The van der Waals surface area contributed by atoms with Crippen LogP contribution >= 0.6 is 22.6 Å². The summed E-state index contributed by atoms with van der Waals surface area (Å²) in [6.07, 6.45) is 2.97. The zero-order chi connectivity index (χ0) is 12.1. The number of hydrogen-bond donors (Lipinski definition) is 1. The molecule has 1 aromatic carbocycles. The van der Waals surface area contributed by atoms with Gasteiger partial charge in [-0.25, -0.2) is 0 Å². The molecule has 2 aromatic rings. The van der Waals surface area contributed by atoms with Crippen LogP contribution in [0.25, 0.3) is 0 Å². The molecule has 2 rings (SSSR count). The molecule has 0 amide bonds. The molecule has 0 aliphatic heterocycles. The molecule has 0 atom stereocenters. The van der Waals surface area contributed by atoms with Crippen LogP contribution in [0.1, 0.15) is 19.0 Å². The van der Waals surface area contributed by atoms with E-state index in [4.69, 9.17) is 0 Å². The number of anilines is 1. The lowest BCUT2D eigenvalue weighted by atomic mass is 10.3. The molecule has 0 radical (unpaired) electrons. The summed E-state index contributed by atoms with van der Waals surface area (Å²) >= 11 is 2.31. The van der Waals surface area contributed by atoms with Crippen molar-refractivity contribution in [3.8, 4) is 0 Å². The number of benzene rings is 1. The van der Waals surface area contributed by atoms with Crippen molar-refractivity contribution >= 4 is 28.3 Å². The molecular formula is C13H16IN3. The number of hydrogen-bond acceptors (Lipinski definition) is 2. The van der Waals surface area contributed by atoms with Crippen molar-refractivity contribution in [2.24, 2.45) is 0 Å². The van der Waals surface area contributed by atoms with E-state index in [-0.39, 0.29) is 0 Å². The highest BCUT2D eigenvalue weighted by atomic mass is 127. The first-order chi connectivity index (χ1) is 8.29. The fourth-order valence-electron chi connectivity index (χ4n) is 1.68. The summed E-state index contributed by atoms with van der Waals surface area (Å²) in [5.41, 5.74) is 2.38. The minimum Gasteiger partial charge on any atom is -0.379 e. The van der Waals surface area contributed by atoms with Crippen molar-refractivity contribution < 1.29 is 0 Å². The van der Waals surface area contributed by atoms with E-state index >= 15 is 0 Å². The van der Waals surface area contributed by atoms with Gasteiger partial charge in [-0.2, -0.15) is 5.10 Å². The average molecular weight is 341 g/mol. The Bertz CT molecular complexity index is 462. The number of nitrogens with one attached hydrogen (secondary N) is 1. The molecule has 0 spiro atoms. The van der Waals surface area contributed by atoms with E-state index in [0.717, 1.165) is 25.2 Å². The average Bonchev–Trinajstić information content (AvgIpc) is 2.77. The SMILES string of the molecule is CCCn1nccc1CNc1ccc(I)cc1. The van der Waals surface area contributed by atoms with Gasteiger partial charge in [0.2, 0.25) is 0 Å². The Morgan fingerprint density at radius 2 is 2.00 bits per heavy atom. The van der Waals surface area contributed by atoms with Gasteiger partial charge in [-0.3, -0.25) is 4.68 Å². The molecule has 90 valence electrons. The maximum Gasteiger partial charge on any atom is 0.0575 e. The third kappa shape index (κ3) is 3.46. The van der Waals surface area contributed by atoms with Gasteiger partial charge in [-0.05, 0) is 59.3 Å². The molecule has 4 heteroatoms. The van der Waals surface area contributed by atoms with Gasteiger partial charge in [-0.1, -0.05) is 6.92 Å². The third-order valence-electron chi connectivity index (χ3n) is 2.56. The molecular weight excluding hydrogens is 325 g/mol. The molecule has 1 aromatic heterocycles. The van der Waals surface area contributed by atoms with Crippen LogP contribution in [0.4, 0.5) is 5.69 Å². The van der Waals surface area contributed by atoms with Crippen LogP contribution in [0.5, 0.6) is 0 Å². The lowest BCUT2D eigenvalue weighted by molar-refractivity contribution is 0.578. The van der Waals surface area contributed by atoms with Crippen molar-refractivity contribution in [3.63, 3.8) is 0 Å². The summed E-state index contributed by atoms with van der Waals surface area (Å²) < 4.78 is 3.31. The van der Waals surface area contributed by atoms with Crippen molar-refractivity contribution in [3.05, 3.63) is 45.8 Å². The van der Waals surface area contributed by atoms with E-state index in [9.17, 15) is 0 Å². The van der Waals surface area contributed by atoms with Crippen LogP contribution in [0.15, 0.2) is 36.5 Å². The van der Waals surface area contributed by atoms with Gasteiger partial charge in [0.15, 0.2) is 0 Å². The molecule has 17 heavy (non-hydrogen) atoms. The molecule has 1 heterocycles. The van der Waals surface area contributed by atoms with Crippen molar-refractivity contribution in [2.75, 3.05) is 5.32 Å². The number of aromatic nitrogens is 2. The molecule has 0 saturated heterocycles. The predicted octanol–water partition coefficient (Wildman–Crippen LogP) is 3.51. The smallest absolute Gasteiger partial charge is 0.0575 e. The molecule has 3 nitrogen and oxygen atoms in total. The Labute approximate surface area is 115 Å². The number of nitrogens with zero attached hydrogens (tertiary/aromatic N) is 2. The third-order valence-corrected chi connectivity index (χ3v) is 3.28. The van der Waals surface area contributed by atoms with Crippen molar-refractivity contribution in [1.82, 2.24) is 9.78 Å². The quantitative estimate of drug-likeness (QED) is 0.844. The summed E-state index contributed by atoms with van der Waals surface area (Å²) in [7, 11) is 0. The Morgan fingerprint density at radius 1 is 1.24 bits per heavy atom. The van der Waals surface area contributed by atoms with E-state index in [1.807, 2.05) is 6.20 Å². The fourth-order valence-corrected chi connectivity index (χ4v) is 2.04. The van der Waals surface area contributed by atoms with Gasteiger partial charge >= 0.3 is 0 Å². The van der Waals surface area contributed by atoms with E-state index in [1.54, 1.807) is 0 Å². The topological polar surface area (TPSA) is 29.9 Å². The molecule has 0 aliphatic rings. The second-order valence-corrected chi connectivity index (χ2v) is 5.15. The maximum absolute atomic E-state index is 4.31. The molecule has 0 unspecified atom stereocenters. The largest absolute Gasteiger partial charge is 0.379 e. The zero-order valence-corrected chi connectivity index (χ0v) is 12.0. The van der Waals surface area contributed by atoms with Crippen molar-refractivity contribution in [2.45, 2.75) is 26.4 Å². The fraction of sp³-hybridized carbons (Fsp3) is 0.308. The van der Waals surface area contributed by atoms with Crippen molar-refractivity contribution in [1.29, 1.82) is 0 Å². The van der Waals surface area contributed by atoms with E-state index in [1.165, 1.54) is 9.26 Å². The van der Waals surface area contributed by atoms with Crippen LogP contribution < -0.4 is 5.32 Å². The van der Waals surface area contributed by atoms with E-state index in [0.29, 0.717) is 0 Å². The van der Waals surface area contributed by atoms with Crippen LogP contribution in [0.3, 0.4) is 0 Å². The molecule has 0 saturated carbocycles. The van der Waals surface area contributed by atoms with Crippen LogP contribution in [0.2, 0.25) is 0 Å². The number of rotatable bonds is 5. The second-order valence-electron chi connectivity index (χ2n) is 3.91. The first-order valence-corrected chi connectivity index (χ1v) is 6.87. The lowest BCUT2D eigenvalue weighted by Crippen LogP contribution is -2.08. The van der Waals surface area contributed by atoms with Crippen LogP contribution in [-0.4, -0.2) is 9.78 Å². The summed E-state index contributed by atoms with van der Waals surface area (Å²) in [4.78, 5) is 0. The predicted molar refractivity (Wildman–Crippen MR) is 79.0 cm³/mol. The normalized spacial score (nSPS) is 10.5. The zero-order valence-electron chi connectivity index (χ0n) is 9.86. The van der Waals surface area contributed by atoms with Gasteiger partial charge in [0, 0.05) is 22.0 Å². The minimum atomic E-state index is 0.820. The van der Waals surface area contributed by atoms with Crippen LogP contribution in [0, 0.1) is 3.57 Å². The molecule has 1 N–H and O–H groups in total. The Morgan fingerprint density at radius 3 is 2.71 bits per heavy atom. The highest BCUT2D eigenvalue weighted by molar-refractivity contribution is 14.1. The Balaban J connectivity index is 1.97. The number of halogens is 1. The summed E-state index contributed by atoms with van der Waals surface area (Å²) in [5, 5.41) is 7.72. The Hall–Kier alpha value is -1.04. The molecule has 0 fully saturated rings. The molecule has 0 aliphatic carbocycles. The summed E-state index contributed by atoms with van der Waals surface area (Å²) in [6, 6.07) is 10.5. The molecule has 0 bridgehead atoms. The maximum atomic E-state index is 4.31. The first kappa shape index (κ1) is 12.4. The van der Waals surface area contributed by atoms with Crippen LogP contribution in [-0.2, 0) is 13.1 Å². The summed E-state index contributed by atoms with van der Waals surface area (Å²) in [6.45, 7) is 3.97. The van der Waals surface area contributed by atoms with E-state index in [2.05, 4.69) is 74.9 Å². The second kappa shape index (κ2) is 6.05. The van der Waals surface area contributed by atoms with Gasteiger partial charge in [0.25, 0.3) is 0 Å². The van der Waals surface area contributed by atoms with E-state index < -0.39 is 0 Å². The minimum absolute atomic E-state index is 0.820. The van der Waals surface area contributed by atoms with Gasteiger partial charge < -0.3 is 5.32 Å². The number of aryl methyl sites for hydroxylation is 1. The van der Waals surface area contributed by atoms with Gasteiger partial charge in [0.05, 0.1) is 12.2 Å². The summed E-state index contributed by atoms with van der Waals surface area (Å²) in [5.74, 6) is 0.